The molecule has 0 aliphatic heterocycles. The molecule has 2 atom stereocenters. The summed E-state index contributed by atoms with van der Waals surface area (Å²) < 4.78 is 0. The second-order valence-corrected chi connectivity index (χ2v) is 7.55. The number of hydrogen-bond donors (Lipinski definition) is 1. The van der Waals surface area contributed by atoms with E-state index in [4.69, 9.17) is 11.6 Å². The first-order chi connectivity index (χ1) is 11.2. The van der Waals surface area contributed by atoms with E-state index in [2.05, 4.69) is 15.5 Å². The van der Waals surface area contributed by atoms with Crippen LogP contribution in [0.15, 0.2) is 41.1 Å². The Morgan fingerprint density at radius 1 is 1.26 bits per heavy atom. The Kier molecular flexibility index (Phi) is 3.88. The van der Waals surface area contributed by atoms with Gasteiger partial charge in [0.2, 0.25) is 11.0 Å². The van der Waals surface area contributed by atoms with Crippen molar-refractivity contribution in [3.63, 3.8) is 0 Å². The first-order valence-corrected chi connectivity index (χ1v) is 9.27. The Balaban J connectivity index is 1.43. The zero-order valence-corrected chi connectivity index (χ0v) is 14.3. The van der Waals surface area contributed by atoms with Crippen LogP contribution in [0.25, 0.3) is 10.6 Å². The highest BCUT2D eigenvalue weighted by molar-refractivity contribution is 7.19. The molecule has 2 unspecified atom stereocenters. The monoisotopic (exact) mass is 361 g/mol. The largest absolute Gasteiger partial charge is 0.300 e. The van der Waals surface area contributed by atoms with Crippen molar-refractivity contribution in [1.82, 2.24) is 10.2 Å². The van der Waals surface area contributed by atoms with Crippen molar-refractivity contribution >= 4 is 45.3 Å². The molecule has 1 fully saturated rings. The van der Waals surface area contributed by atoms with Crippen LogP contribution < -0.4 is 5.32 Å². The minimum Gasteiger partial charge on any atom is -0.300 e. The maximum atomic E-state index is 12.4. The van der Waals surface area contributed by atoms with Crippen LogP contribution in [0.4, 0.5) is 5.13 Å². The number of nitrogens with zero attached hydrogens (tertiary/aromatic N) is 2. The number of carbonyl (C=O) groups excluding carboxylic acids is 1. The summed E-state index contributed by atoms with van der Waals surface area (Å²) in [7, 11) is 0. The molecule has 1 aliphatic rings. The standard InChI is InChI=1S/C16H12ClN3OS2/c17-13-4-2-1-3-10(13)11-7-12(11)14(21)18-16-20-19-15(23-16)9-5-6-22-8-9/h1-6,8,11-12H,7H2,(H,18,20,21). The van der Waals surface area contributed by atoms with Gasteiger partial charge in [-0.3, -0.25) is 4.79 Å². The van der Waals surface area contributed by atoms with Crippen molar-refractivity contribution in [3.8, 4) is 10.6 Å². The second kappa shape index (κ2) is 6.03. The van der Waals surface area contributed by atoms with Crippen LogP contribution in [-0.2, 0) is 4.79 Å². The Bertz CT molecular complexity index is 847. The number of aromatic nitrogens is 2. The number of anilines is 1. The van der Waals surface area contributed by atoms with Crippen LogP contribution in [0.5, 0.6) is 0 Å². The van der Waals surface area contributed by atoms with Gasteiger partial charge >= 0.3 is 0 Å². The van der Waals surface area contributed by atoms with Gasteiger partial charge in [-0.05, 0) is 35.4 Å². The molecule has 1 amide bonds. The summed E-state index contributed by atoms with van der Waals surface area (Å²) in [6.07, 6.45) is 0.825. The van der Waals surface area contributed by atoms with Crippen molar-refractivity contribution in [1.29, 1.82) is 0 Å². The lowest BCUT2D eigenvalue weighted by Crippen LogP contribution is -2.14. The summed E-state index contributed by atoms with van der Waals surface area (Å²) in [5.74, 6) is 0.152. The fraction of sp³-hybridized carbons (Fsp3) is 0.188. The molecule has 3 aromatic rings. The zero-order chi connectivity index (χ0) is 15.8. The lowest BCUT2D eigenvalue weighted by molar-refractivity contribution is -0.117. The zero-order valence-electron chi connectivity index (χ0n) is 11.9. The van der Waals surface area contributed by atoms with Crippen molar-refractivity contribution in [2.24, 2.45) is 5.92 Å². The molecule has 7 heteroatoms. The molecular weight excluding hydrogens is 350 g/mol. The topological polar surface area (TPSA) is 54.9 Å². The summed E-state index contributed by atoms with van der Waals surface area (Å²) >= 11 is 9.20. The van der Waals surface area contributed by atoms with Gasteiger partial charge < -0.3 is 5.32 Å². The minimum absolute atomic E-state index is 0.0112. The molecule has 1 aliphatic carbocycles. The van der Waals surface area contributed by atoms with Gasteiger partial charge in [0.1, 0.15) is 5.01 Å². The Labute approximate surface area is 146 Å². The predicted octanol–water partition coefficient (Wildman–Crippen LogP) is 4.66. The van der Waals surface area contributed by atoms with E-state index in [0.717, 1.165) is 27.6 Å². The summed E-state index contributed by atoms with van der Waals surface area (Å²) in [5, 5.41) is 17.1. The smallest absolute Gasteiger partial charge is 0.229 e. The first-order valence-electron chi connectivity index (χ1n) is 7.14. The molecule has 1 N–H and O–H groups in total. The third kappa shape index (κ3) is 3.02. The van der Waals surface area contributed by atoms with E-state index in [9.17, 15) is 4.79 Å². The number of rotatable bonds is 4. The van der Waals surface area contributed by atoms with E-state index in [1.165, 1.54) is 11.3 Å². The van der Waals surface area contributed by atoms with Gasteiger partial charge in [-0.1, -0.05) is 41.1 Å². The summed E-state index contributed by atoms with van der Waals surface area (Å²) in [5.41, 5.74) is 2.08. The second-order valence-electron chi connectivity index (χ2n) is 5.38. The number of thiophene rings is 1. The fourth-order valence-corrected chi connectivity index (χ4v) is 4.31. The van der Waals surface area contributed by atoms with Crippen molar-refractivity contribution in [2.75, 3.05) is 5.32 Å². The third-order valence-electron chi connectivity index (χ3n) is 3.86. The first kappa shape index (κ1) is 14.8. The van der Waals surface area contributed by atoms with E-state index >= 15 is 0 Å². The van der Waals surface area contributed by atoms with Gasteiger partial charge in [-0.25, -0.2) is 0 Å². The molecule has 0 saturated heterocycles. The molecule has 0 spiro atoms. The summed E-state index contributed by atoms with van der Waals surface area (Å²) in [6.45, 7) is 0. The Hall–Kier alpha value is -1.76. The summed E-state index contributed by atoms with van der Waals surface area (Å²) in [6, 6.07) is 9.69. The highest BCUT2D eigenvalue weighted by Gasteiger charge is 2.45. The molecule has 2 aromatic heterocycles. The number of halogens is 1. The van der Waals surface area contributed by atoms with Gasteiger partial charge in [0.25, 0.3) is 0 Å². The maximum Gasteiger partial charge on any atom is 0.229 e. The molecule has 23 heavy (non-hydrogen) atoms. The number of benzene rings is 1. The van der Waals surface area contributed by atoms with E-state index in [1.807, 2.05) is 41.1 Å². The van der Waals surface area contributed by atoms with Crippen LogP contribution in [0.1, 0.15) is 17.9 Å². The number of nitrogens with one attached hydrogen (secondary N) is 1. The Morgan fingerprint density at radius 3 is 2.91 bits per heavy atom. The van der Waals surface area contributed by atoms with Crippen molar-refractivity contribution in [2.45, 2.75) is 12.3 Å². The lowest BCUT2D eigenvalue weighted by Gasteiger charge is -2.03. The van der Waals surface area contributed by atoms with Crippen LogP contribution in [0, 0.1) is 5.92 Å². The SMILES string of the molecule is O=C(Nc1nnc(-c2ccsc2)s1)C1CC1c1ccccc1Cl. The van der Waals surface area contributed by atoms with Gasteiger partial charge in [-0.15, -0.1) is 10.2 Å². The van der Waals surface area contributed by atoms with Crippen molar-refractivity contribution < 1.29 is 4.79 Å². The van der Waals surface area contributed by atoms with Crippen LogP contribution in [0.3, 0.4) is 0 Å². The normalized spacial score (nSPS) is 19.5. The number of carbonyl (C=O) groups is 1. The van der Waals surface area contributed by atoms with Crippen molar-refractivity contribution in [3.05, 3.63) is 51.7 Å². The maximum absolute atomic E-state index is 12.4. The van der Waals surface area contributed by atoms with Gasteiger partial charge in [-0.2, -0.15) is 11.3 Å². The molecule has 116 valence electrons. The molecule has 0 bridgehead atoms. The minimum atomic E-state index is -0.0385. The average molecular weight is 362 g/mol. The van der Waals surface area contributed by atoms with Crippen LogP contribution in [0.2, 0.25) is 5.02 Å². The highest BCUT2D eigenvalue weighted by atomic mass is 35.5. The van der Waals surface area contributed by atoms with E-state index in [0.29, 0.717) is 5.13 Å². The molecular formula is C16H12ClN3OS2. The Morgan fingerprint density at radius 2 is 2.13 bits per heavy atom. The predicted molar refractivity (Wildman–Crippen MR) is 94.2 cm³/mol. The molecule has 4 rings (SSSR count). The van der Waals surface area contributed by atoms with E-state index < -0.39 is 0 Å². The molecule has 0 radical (unpaired) electrons. The lowest BCUT2D eigenvalue weighted by atomic mass is 10.1. The molecule has 2 heterocycles. The van der Waals surface area contributed by atoms with E-state index in [-0.39, 0.29) is 17.7 Å². The quantitative estimate of drug-likeness (QED) is 0.735. The third-order valence-corrected chi connectivity index (χ3v) is 5.77. The fourth-order valence-electron chi connectivity index (χ4n) is 2.58. The number of hydrogen-bond acceptors (Lipinski definition) is 5. The van der Waals surface area contributed by atoms with Gasteiger partial charge in [0.05, 0.1) is 0 Å². The van der Waals surface area contributed by atoms with Crippen LogP contribution in [-0.4, -0.2) is 16.1 Å². The van der Waals surface area contributed by atoms with Gasteiger partial charge in [0.15, 0.2) is 0 Å². The summed E-state index contributed by atoms with van der Waals surface area (Å²) in [4.78, 5) is 12.4. The van der Waals surface area contributed by atoms with E-state index in [1.54, 1.807) is 11.3 Å². The van der Waals surface area contributed by atoms with Crippen LogP contribution >= 0.6 is 34.3 Å². The number of amides is 1. The molecule has 1 aromatic carbocycles. The average Bonchev–Trinajstić information content (AvgIpc) is 2.96. The molecule has 4 nitrogen and oxygen atoms in total. The highest BCUT2D eigenvalue weighted by Crippen LogP contribution is 2.50. The molecule has 1 saturated carbocycles. The van der Waals surface area contributed by atoms with Gasteiger partial charge in [0, 0.05) is 21.9 Å².